The number of unbranched alkanes of at least 4 members (excludes halogenated alkanes) is 18. The third kappa shape index (κ3) is 27.1. The molecule has 3 rings (SSSR count). The van der Waals surface area contributed by atoms with Crippen molar-refractivity contribution in [1.29, 1.82) is 0 Å². The van der Waals surface area contributed by atoms with Crippen LogP contribution in [0.4, 0.5) is 0 Å². The van der Waals surface area contributed by atoms with Gasteiger partial charge in [-0.25, -0.2) is 4.18 Å². The van der Waals surface area contributed by atoms with Crippen LogP contribution in [0.15, 0.2) is 60.7 Å². The van der Waals surface area contributed by atoms with Gasteiger partial charge in [-0.1, -0.05) is 191 Å². The monoisotopic (exact) mass is 1030 g/mol. The van der Waals surface area contributed by atoms with Crippen LogP contribution in [0.5, 0.6) is 0 Å². The fourth-order valence-electron chi connectivity index (χ4n) is 8.80. The van der Waals surface area contributed by atoms with Gasteiger partial charge in [-0.05, 0) is 80.6 Å². The second-order valence-corrected chi connectivity index (χ2v) is 27.2. The molecular formula is C56H93NO12SSi. The quantitative estimate of drug-likeness (QED) is 0.0251. The molecule has 1 saturated heterocycles. The van der Waals surface area contributed by atoms with Crippen LogP contribution in [0.3, 0.4) is 0 Å². The number of amides is 1. The number of aliphatic hydroxyl groups excluding tert-OH is 1. The molecule has 2 aromatic carbocycles. The summed E-state index contributed by atoms with van der Waals surface area (Å²) in [7, 11) is -7.66. The Morgan fingerprint density at radius 2 is 1.14 bits per heavy atom. The Balaban J connectivity index is 1.68. The maximum atomic E-state index is 14.0. The van der Waals surface area contributed by atoms with E-state index in [9.17, 15) is 32.5 Å². The SMILES string of the molecule is CCCCCCCCCCC[C@@H](CC(=O)N[C@H]1C(O)O[C@H](CO[Si](C)(C)C(C)(C)C)[C@@H](OS(=O)(=O)O)[C@@H]1OC(=O)CCCCCCCCc1ccccc1)OC(=O)CCCCCCCCc1ccccc1. The van der Waals surface area contributed by atoms with Gasteiger partial charge in [0.2, 0.25) is 5.91 Å². The summed E-state index contributed by atoms with van der Waals surface area (Å²) >= 11 is 0. The fraction of sp³-hybridized carbons (Fsp3) is 0.732. The number of ether oxygens (including phenoxy) is 3. The van der Waals surface area contributed by atoms with Crippen molar-refractivity contribution in [1.82, 2.24) is 5.32 Å². The third-order valence-corrected chi connectivity index (χ3v) is 19.1. The van der Waals surface area contributed by atoms with Crippen LogP contribution < -0.4 is 5.32 Å². The van der Waals surface area contributed by atoms with Gasteiger partial charge in [-0.2, -0.15) is 8.42 Å². The molecule has 2 aromatic rings. The maximum absolute atomic E-state index is 14.0. The lowest BCUT2D eigenvalue weighted by atomic mass is 9.96. The molecule has 1 fully saturated rings. The molecule has 1 aliphatic rings. The molecule has 0 spiro atoms. The first-order chi connectivity index (χ1) is 33.9. The zero-order valence-electron chi connectivity index (χ0n) is 44.4. The number of hydrogen-bond acceptors (Lipinski definition) is 11. The van der Waals surface area contributed by atoms with Crippen LogP contribution in [0, 0.1) is 0 Å². The normalized spacial score (nSPS) is 19.0. The molecule has 15 heteroatoms. The van der Waals surface area contributed by atoms with Crippen LogP contribution in [-0.4, -0.2) is 87.6 Å². The van der Waals surface area contributed by atoms with Gasteiger partial charge in [0.05, 0.1) is 13.0 Å². The molecule has 0 saturated carbocycles. The molecule has 1 aliphatic heterocycles. The molecule has 1 heterocycles. The van der Waals surface area contributed by atoms with E-state index in [1.54, 1.807) is 0 Å². The summed E-state index contributed by atoms with van der Waals surface area (Å²) in [5, 5.41) is 14.0. The Morgan fingerprint density at radius 3 is 1.63 bits per heavy atom. The topological polar surface area (TPSA) is 184 Å². The van der Waals surface area contributed by atoms with Crippen molar-refractivity contribution in [3.05, 3.63) is 71.8 Å². The molecule has 71 heavy (non-hydrogen) atoms. The number of rotatable bonds is 38. The second kappa shape index (κ2) is 34.3. The lowest BCUT2D eigenvalue weighted by molar-refractivity contribution is -0.253. The molecule has 13 nitrogen and oxygen atoms in total. The van der Waals surface area contributed by atoms with Crippen molar-refractivity contribution in [2.75, 3.05) is 6.61 Å². The highest BCUT2D eigenvalue weighted by Gasteiger charge is 2.52. The lowest BCUT2D eigenvalue weighted by Crippen LogP contribution is -2.66. The van der Waals surface area contributed by atoms with Gasteiger partial charge in [0.25, 0.3) is 0 Å². The minimum absolute atomic E-state index is 0.00705. The van der Waals surface area contributed by atoms with E-state index in [1.807, 2.05) is 58.1 Å². The van der Waals surface area contributed by atoms with Gasteiger partial charge in [-0.3, -0.25) is 18.9 Å². The summed E-state index contributed by atoms with van der Waals surface area (Å²) in [5.41, 5.74) is 2.65. The number of esters is 2. The number of aryl methyl sites for hydroxylation is 2. The van der Waals surface area contributed by atoms with Crippen LogP contribution in [0.25, 0.3) is 0 Å². The number of carbonyl (C=O) groups excluding carboxylic acids is 3. The number of nitrogens with one attached hydrogen (secondary N) is 1. The van der Waals surface area contributed by atoms with Gasteiger partial charge in [0, 0.05) is 12.8 Å². The van der Waals surface area contributed by atoms with E-state index >= 15 is 0 Å². The van der Waals surface area contributed by atoms with Crippen LogP contribution in [0.2, 0.25) is 18.1 Å². The highest BCUT2D eigenvalue weighted by molar-refractivity contribution is 7.80. The van der Waals surface area contributed by atoms with E-state index in [0.717, 1.165) is 103 Å². The van der Waals surface area contributed by atoms with Gasteiger partial charge >= 0.3 is 22.3 Å². The van der Waals surface area contributed by atoms with Crippen molar-refractivity contribution < 1.29 is 55.3 Å². The smallest absolute Gasteiger partial charge is 0.397 e. The Bertz CT molecular complexity index is 1860. The average Bonchev–Trinajstić information content (AvgIpc) is 3.31. The molecule has 0 aromatic heterocycles. The maximum Gasteiger partial charge on any atom is 0.397 e. The van der Waals surface area contributed by atoms with E-state index in [2.05, 4.69) is 48.6 Å². The van der Waals surface area contributed by atoms with E-state index in [-0.39, 0.29) is 36.9 Å². The lowest BCUT2D eigenvalue weighted by Gasteiger charge is -2.45. The average molecular weight is 1030 g/mol. The van der Waals surface area contributed by atoms with Gasteiger partial charge in [0.1, 0.15) is 24.4 Å². The Kier molecular flexibility index (Phi) is 30.0. The summed E-state index contributed by atoms with van der Waals surface area (Å²) in [4.78, 5) is 40.9. The van der Waals surface area contributed by atoms with Gasteiger partial charge in [-0.15, -0.1) is 0 Å². The highest BCUT2D eigenvalue weighted by atomic mass is 32.3. The summed E-state index contributed by atoms with van der Waals surface area (Å²) in [5.74, 6) is -1.70. The number of benzene rings is 2. The molecule has 1 amide bonds. The van der Waals surface area contributed by atoms with Crippen molar-refractivity contribution in [3.63, 3.8) is 0 Å². The minimum atomic E-state index is -5.18. The molecular weight excluding hydrogens is 939 g/mol. The summed E-state index contributed by atoms with van der Waals surface area (Å²) in [6.07, 6.45) is 16.4. The molecule has 3 N–H and O–H groups in total. The summed E-state index contributed by atoms with van der Waals surface area (Å²) in [6.45, 7) is 12.0. The summed E-state index contributed by atoms with van der Waals surface area (Å²) in [6, 6.07) is 19.3. The predicted octanol–water partition coefficient (Wildman–Crippen LogP) is 12.5. The predicted molar refractivity (Wildman–Crippen MR) is 284 cm³/mol. The van der Waals surface area contributed by atoms with Crippen molar-refractivity contribution in [2.45, 2.75) is 256 Å². The zero-order chi connectivity index (χ0) is 52.0. The molecule has 1 unspecified atom stereocenters. The minimum Gasteiger partial charge on any atom is -0.462 e. The van der Waals surface area contributed by atoms with Crippen LogP contribution >= 0.6 is 0 Å². The summed E-state index contributed by atoms with van der Waals surface area (Å²) < 4.78 is 64.3. The zero-order valence-corrected chi connectivity index (χ0v) is 46.2. The van der Waals surface area contributed by atoms with Crippen molar-refractivity contribution in [2.24, 2.45) is 0 Å². The molecule has 404 valence electrons. The first-order valence-electron chi connectivity index (χ1n) is 27.3. The highest BCUT2D eigenvalue weighted by Crippen LogP contribution is 2.38. The Labute approximate surface area is 429 Å². The standard InChI is InChI=1S/C56H93NO12SSi/c1-7-8-9-10-11-12-13-20-31-40-47(66-50(59)41-32-21-16-14-18-25-34-45-36-27-23-28-37-45)43-49(58)57-52-54(68-51(60)42-33-22-17-15-19-26-35-46-38-29-24-30-39-46)53(69-70(62,63)64)48(67-55(52)61)44-65-71(5,6)56(2,3)4/h23-24,27-30,36-39,47-48,52-55,61H,7-22,25-26,31-35,40-44H2,1-6H3,(H,57,58)(H,62,63,64)/t47-,48+,52+,53+,54+,55?/m0/s1. The van der Waals surface area contributed by atoms with E-state index in [1.165, 1.54) is 43.2 Å². The molecule has 0 radical (unpaired) electrons. The second-order valence-electron chi connectivity index (χ2n) is 21.3. The first kappa shape index (κ1) is 62.1. The van der Waals surface area contributed by atoms with Crippen molar-refractivity contribution >= 4 is 36.6 Å². The first-order valence-corrected chi connectivity index (χ1v) is 31.5. The number of hydrogen-bond donors (Lipinski definition) is 3. The van der Waals surface area contributed by atoms with Gasteiger partial charge < -0.3 is 29.1 Å². The Morgan fingerprint density at radius 1 is 0.676 bits per heavy atom. The van der Waals surface area contributed by atoms with Crippen molar-refractivity contribution in [3.8, 4) is 0 Å². The molecule has 0 bridgehead atoms. The molecule has 0 aliphatic carbocycles. The van der Waals surface area contributed by atoms with E-state index in [0.29, 0.717) is 19.3 Å². The largest absolute Gasteiger partial charge is 0.462 e. The van der Waals surface area contributed by atoms with Gasteiger partial charge in [0.15, 0.2) is 20.7 Å². The Hall–Kier alpha value is -3.18. The fourth-order valence-corrected chi connectivity index (χ4v) is 10.3. The van der Waals surface area contributed by atoms with E-state index < -0.39 is 67.3 Å². The number of carbonyl (C=O) groups is 3. The van der Waals surface area contributed by atoms with Crippen LogP contribution in [-0.2, 0) is 60.4 Å². The molecule has 6 atom stereocenters. The van der Waals surface area contributed by atoms with Crippen LogP contribution in [0.1, 0.15) is 199 Å². The third-order valence-electron chi connectivity index (χ3n) is 14.1. The number of aliphatic hydroxyl groups is 1. The van der Waals surface area contributed by atoms with E-state index in [4.69, 9.17) is 22.8 Å².